The molecule has 0 bridgehead atoms. The smallest absolute Gasteiger partial charge is 0.327 e. The molecule has 0 aliphatic rings. The average Bonchev–Trinajstić information content (AvgIpc) is 2.86. The van der Waals surface area contributed by atoms with Gasteiger partial charge >= 0.3 is 5.97 Å². The predicted molar refractivity (Wildman–Crippen MR) is 80.7 cm³/mol. The summed E-state index contributed by atoms with van der Waals surface area (Å²) in [6, 6.07) is 11.2. The largest absolute Gasteiger partial charge is 0.469 e. The molecule has 2 aromatic rings. The van der Waals surface area contributed by atoms with Crippen molar-refractivity contribution in [2.75, 3.05) is 13.7 Å². The van der Waals surface area contributed by atoms with Gasteiger partial charge in [-0.05, 0) is 32.5 Å². The fourth-order valence-electron chi connectivity index (χ4n) is 2.36. The van der Waals surface area contributed by atoms with Crippen LogP contribution in [0.5, 0.6) is 0 Å². The molecule has 1 unspecified atom stereocenters. The van der Waals surface area contributed by atoms with Gasteiger partial charge in [0.05, 0.1) is 12.9 Å². The van der Waals surface area contributed by atoms with Crippen molar-refractivity contribution in [3.8, 4) is 0 Å². The molecular formula is C17H21NO3. The Hall–Kier alpha value is -2.07. The van der Waals surface area contributed by atoms with Gasteiger partial charge in [0.25, 0.3) is 0 Å². The Morgan fingerprint density at radius 3 is 2.57 bits per heavy atom. The van der Waals surface area contributed by atoms with Crippen LogP contribution in [0.25, 0.3) is 0 Å². The Kier molecular flexibility index (Phi) is 5.17. The first-order valence-electron chi connectivity index (χ1n) is 7.08. The molecule has 4 nitrogen and oxygen atoms in total. The zero-order chi connectivity index (χ0) is 15.2. The quantitative estimate of drug-likeness (QED) is 0.764. The van der Waals surface area contributed by atoms with Crippen molar-refractivity contribution in [1.29, 1.82) is 0 Å². The highest BCUT2D eigenvalue weighted by Gasteiger charge is 2.26. The number of likely N-dealkylation sites (N-methyl/N-ethyl adjacent to an activating group) is 1. The molecule has 0 saturated carbocycles. The molecule has 1 heterocycles. The van der Waals surface area contributed by atoms with Gasteiger partial charge in [-0.1, -0.05) is 30.3 Å². The zero-order valence-electron chi connectivity index (χ0n) is 12.7. The van der Waals surface area contributed by atoms with Gasteiger partial charge in [0, 0.05) is 12.1 Å². The van der Waals surface area contributed by atoms with E-state index in [4.69, 9.17) is 9.15 Å². The second-order valence-corrected chi connectivity index (χ2v) is 4.98. The SMILES string of the molecule is CCOC(=O)C(c1ccccc1)N(C)Cc1ccoc1C. The normalized spacial score (nSPS) is 12.4. The van der Waals surface area contributed by atoms with E-state index >= 15 is 0 Å². The summed E-state index contributed by atoms with van der Waals surface area (Å²) < 4.78 is 10.5. The van der Waals surface area contributed by atoms with Gasteiger partial charge < -0.3 is 9.15 Å². The van der Waals surface area contributed by atoms with E-state index in [1.165, 1.54) is 0 Å². The minimum Gasteiger partial charge on any atom is -0.469 e. The zero-order valence-corrected chi connectivity index (χ0v) is 12.7. The molecule has 0 N–H and O–H groups in total. The summed E-state index contributed by atoms with van der Waals surface area (Å²) in [6.07, 6.45) is 1.67. The number of hydrogen-bond donors (Lipinski definition) is 0. The van der Waals surface area contributed by atoms with E-state index in [2.05, 4.69) is 0 Å². The number of furan rings is 1. The molecular weight excluding hydrogens is 266 g/mol. The summed E-state index contributed by atoms with van der Waals surface area (Å²) >= 11 is 0. The van der Waals surface area contributed by atoms with Gasteiger partial charge in [-0.3, -0.25) is 4.90 Å². The first-order chi connectivity index (χ1) is 10.1. The van der Waals surface area contributed by atoms with Crippen LogP contribution < -0.4 is 0 Å². The number of carbonyl (C=O) groups is 1. The Morgan fingerprint density at radius 1 is 1.29 bits per heavy atom. The number of benzene rings is 1. The lowest BCUT2D eigenvalue weighted by Gasteiger charge is -2.26. The topological polar surface area (TPSA) is 42.7 Å². The van der Waals surface area contributed by atoms with Crippen molar-refractivity contribution in [3.05, 3.63) is 59.5 Å². The van der Waals surface area contributed by atoms with E-state index in [-0.39, 0.29) is 5.97 Å². The van der Waals surface area contributed by atoms with Gasteiger partial charge in [-0.2, -0.15) is 0 Å². The summed E-state index contributed by atoms with van der Waals surface area (Å²) in [5, 5.41) is 0. The van der Waals surface area contributed by atoms with Crippen molar-refractivity contribution in [2.24, 2.45) is 0 Å². The average molecular weight is 287 g/mol. The van der Waals surface area contributed by atoms with E-state index in [0.717, 1.165) is 16.9 Å². The van der Waals surface area contributed by atoms with Crippen LogP contribution in [0.4, 0.5) is 0 Å². The monoisotopic (exact) mass is 287 g/mol. The van der Waals surface area contributed by atoms with Crippen molar-refractivity contribution in [1.82, 2.24) is 4.90 Å². The van der Waals surface area contributed by atoms with Crippen LogP contribution in [0, 0.1) is 6.92 Å². The molecule has 1 aromatic carbocycles. The maximum atomic E-state index is 12.3. The fourth-order valence-corrected chi connectivity index (χ4v) is 2.36. The van der Waals surface area contributed by atoms with Crippen LogP contribution in [0.1, 0.15) is 29.9 Å². The molecule has 0 aliphatic heterocycles. The molecule has 2 rings (SSSR count). The van der Waals surface area contributed by atoms with E-state index in [1.807, 2.05) is 62.2 Å². The molecule has 1 atom stereocenters. The molecule has 112 valence electrons. The third-order valence-corrected chi connectivity index (χ3v) is 3.45. The number of nitrogens with zero attached hydrogens (tertiary/aromatic N) is 1. The van der Waals surface area contributed by atoms with Gasteiger partial charge in [0.2, 0.25) is 0 Å². The van der Waals surface area contributed by atoms with Gasteiger partial charge in [-0.15, -0.1) is 0 Å². The summed E-state index contributed by atoms with van der Waals surface area (Å²) in [7, 11) is 1.92. The van der Waals surface area contributed by atoms with E-state index in [1.54, 1.807) is 6.26 Å². The number of hydrogen-bond acceptors (Lipinski definition) is 4. The molecule has 0 aliphatic carbocycles. The molecule has 0 fully saturated rings. The molecule has 1 aromatic heterocycles. The number of esters is 1. The van der Waals surface area contributed by atoms with Crippen LogP contribution in [0.2, 0.25) is 0 Å². The van der Waals surface area contributed by atoms with E-state index in [0.29, 0.717) is 13.2 Å². The summed E-state index contributed by atoms with van der Waals surface area (Å²) in [5.74, 6) is 0.643. The number of rotatable bonds is 6. The first kappa shape index (κ1) is 15.3. The van der Waals surface area contributed by atoms with E-state index < -0.39 is 6.04 Å². The lowest BCUT2D eigenvalue weighted by molar-refractivity contribution is -0.149. The van der Waals surface area contributed by atoms with Crippen LogP contribution in [0.3, 0.4) is 0 Å². The third-order valence-electron chi connectivity index (χ3n) is 3.45. The summed E-state index contributed by atoms with van der Waals surface area (Å²) in [4.78, 5) is 14.3. The highest BCUT2D eigenvalue weighted by atomic mass is 16.5. The van der Waals surface area contributed by atoms with E-state index in [9.17, 15) is 4.79 Å². The fraction of sp³-hybridized carbons (Fsp3) is 0.353. The maximum absolute atomic E-state index is 12.3. The number of ether oxygens (including phenoxy) is 1. The highest BCUT2D eigenvalue weighted by Crippen LogP contribution is 2.24. The van der Waals surface area contributed by atoms with Crippen molar-refractivity contribution >= 4 is 5.97 Å². The minimum atomic E-state index is -0.416. The predicted octanol–water partition coefficient (Wildman–Crippen LogP) is 3.32. The van der Waals surface area contributed by atoms with Crippen molar-refractivity contribution < 1.29 is 13.9 Å². The van der Waals surface area contributed by atoms with Gasteiger partial charge in [0.1, 0.15) is 11.8 Å². The standard InChI is InChI=1S/C17H21NO3/c1-4-20-17(19)16(14-8-6-5-7-9-14)18(3)12-15-10-11-21-13(15)2/h5-11,16H,4,12H2,1-3H3. The molecule has 21 heavy (non-hydrogen) atoms. The van der Waals surface area contributed by atoms with Gasteiger partial charge in [0.15, 0.2) is 0 Å². The van der Waals surface area contributed by atoms with Crippen LogP contribution >= 0.6 is 0 Å². The molecule has 0 amide bonds. The van der Waals surface area contributed by atoms with Crippen molar-refractivity contribution in [3.63, 3.8) is 0 Å². The molecule has 0 radical (unpaired) electrons. The second-order valence-electron chi connectivity index (χ2n) is 4.98. The Balaban J connectivity index is 2.22. The Morgan fingerprint density at radius 2 is 2.00 bits per heavy atom. The lowest BCUT2D eigenvalue weighted by atomic mass is 10.1. The first-order valence-corrected chi connectivity index (χ1v) is 7.08. The summed E-state index contributed by atoms with van der Waals surface area (Å²) in [5.41, 5.74) is 2.00. The molecule has 4 heteroatoms. The highest BCUT2D eigenvalue weighted by molar-refractivity contribution is 5.77. The Labute approximate surface area is 125 Å². The third kappa shape index (κ3) is 3.73. The Bertz CT molecular complexity index is 577. The number of carbonyl (C=O) groups excluding carboxylic acids is 1. The van der Waals surface area contributed by atoms with Gasteiger partial charge in [-0.25, -0.2) is 4.79 Å². The van der Waals surface area contributed by atoms with Crippen molar-refractivity contribution in [2.45, 2.75) is 26.4 Å². The second kappa shape index (κ2) is 7.09. The maximum Gasteiger partial charge on any atom is 0.327 e. The minimum absolute atomic E-state index is 0.229. The molecule has 0 spiro atoms. The van der Waals surface area contributed by atoms with Crippen LogP contribution in [0.15, 0.2) is 47.1 Å². The lowest BCUT2D eigenvalue weighted by Crippen LogP contribution is -2.32. The summed E-state index contributed by atoms with van der Waals surface area (Å²) in [6.45, 7) is 4.74. The van der Waals surface area contributed by atoms with Crippen LogP contribution in [-0.4, -0.2) is 24.5 Å². The number of aryl methyl sites for hydroxylation is 1. The van der Waals surface area contributed by atoms with Crippen LogP contribution in [-0.2, 0) is 16.1 Å². The molecule has 0 saturated heterocycles.